The Balaban J connectivity index is 0.00000200. The van der Waals surface area contributed by atoms with Crippen LogP contribution in [0.3, 0.4) is 0 Å². The van der Waals surface area contributed by atoms with E-state index in [2.05, 4.69) is 10.6 Å². The maximum atomic E-state index is 11.7. The van der Waals surface area contributed by atoms with Gasteiger partial charge in [-0.2, -0.15) is 0 Å². The van der Waals surface area contributed by atoms with Gasteiger partial charge in [0.1, 0.15) is 17.6 Å². The Labute approximate surface area is 125 Å². The lowest BCUT2D eigenvalue weighted by atomic mass is 10.1. The number of carbonyl (C=O) groups excluding carboxylic acids is 1. The first-order valence-corrected chi connectivity index (χ1v) is 6.54. The second-order valence-corrected chi connectivity index (χ2v) is 4.60. The van der Waals surface area contributed by atoms with Crippen LogP contribution >= 0.6 is 12.4 Å². The maximum absolute atomic E-state index is 11.7. The number of benzene rings is 1. The van der Waals surface area contributed by atoms with Crippen LogP contribution in [0, 0.1) is 0 Å². The highest BCUT2D eigenvalue weighted by atomic mass is 35.5. The van der Waals surface area contributed by atoms with E-state index in [0.29, 0.717) is 18.0 Å². The predicted molar refractivity (Wildman–Crippen MR) is 81.2 cm³/mol. The van der Waals surface area contributed by atoms with Crippen molar-refractivity contribution < 1.29 is 14.3 Å². The van der Waals surface area contributed by atoms with Crippen molar-refractivity contribution in [2.24, 2.45) is 0 Å². The normalized spacial score (nSPS) is 15.8. The molecular formula is C14H21ClN2O3. The van der Waals surface area contributed by atoms with Gasteiger partial charge >= 0.3 is 0 Å². The van der Waals surface area contributed by atoms with Crippen molar-refractivity contribution in [1.29, 1.82) is 0 Å². The van der Waals surface area contributed by atoms with E-state index >= 15 is 0 Å². The predicted octanol–water partition coefficient (Wildman–Crippen LogP) is 1.99. The van der Waals surface area contributed by atoms with Gasteiger partial charge in [0, 0.05) is 18.1 Å². The van der Waals surface area contributed by atoms with Crippen LogP contribution in [0.15, 0.2) is 12.1 Å². The second kappa shape index (κ2) is 7.36. The van der Waals surface area contributed by atoms with Crippen molar-refractivity contribution >= 4 is 24.0 Å². The average Bonchev–Trinajstić information content (AvgIpc) is 2.69. The quantitative estimate of drug-likeness (QED) is 0.873. The lowest BCUT2D eigenvalue weighted by Crippen LogP contribution is -2.25. The van der Waals surface area contributed by atoms with Crippen LogP contribution in [-0.4, -0.2) is 32.2 Å². The van der Waals surface area contributed by atoms with Crippen molar-refractivity contribution in [3.63, 3.8) is 0 Å². The third kappa shape index (κ3) is 3.77. The van der Waals surface area contributed by atoms with Crippen molar-refractivity contribution in [3.8, 4) is 11.5 Å². The number of rotatable bonds is 5. The SMILES string of the molecule is CCOc1cc2c(cc1NC(=O)CNC)OC(C)C2.Cl. The molecular weight excluding hydrogens is 280 g/mol. The van der Waals surface area contributed by atoms with Gasteiger partial charge in [-0.25, -0.2) is 0 Å². The van der Waals surface area contributed by atoms with Gasteiger partial charge in [-0.3, -0.25) is 4.79 Å². The Kier molecular flexibility index (Phi) is 6.10. The third-order valence-electron chi connectivity index (χ3n) is 2.91. The molecule has 112 valence electrons. The van der Waals surface area contributed by atoms with E-state index in [1.54, 1.807) is 7.05 Å². The number of nitrogens with one attached hydrogen (secondary N) is 2. The van der Waals surface area contributed by atoms with Crippen molar-refractivity contribution in [2.75, 3.05) is 25.5 Å². The van der Waals surface area contributed by atoms with Gasteiger partial charge in [0.2, 0.25) is 5.91 Å². The van der Waals surface area contributed by atoms with Gasteiger partial charge in [-0.1, -0.05) is 0 Å². The van der Waals surface area contributed by atoms with Crippen LogP contribution < -0.4 is 20.1 Å². The highest BCUT2D eigenvalue weighted by Gasteiger charge is 2.22. The smallest absolute Gasteiger partial charge is 0.238 e. The lowest BCUT2D eigenvalue weighted by Gasteiger charge is -2.13. The summed E-state index contributed by atoms with van der Waals surface area (Å²) in [7, 11) is 1.73. The molecule has 1 atom stereocenters. The molecule has 0 aliphatic carbocycles. The first-order chi connectivity index (χ1) is 9.13. The molecule has 1 aliphatic rings. The van der Waals surface area contributed by atoms with E-state index in [9.17, 15) is 4.79 Å². The zero-order valence-corrected chi connectivity index (χ0v) is 12.8. The number of hydrogen-bond acceptors (Lipinski definition) is 4. The summed E-state index contributed by atoms with van der Waals surface area (Å²) in [5, 5.41) is 5.65. The van der Waals surface area contributed by atoms with Crippen LogP contribution in [-0.2, 0) is 11.2 Å². The largest absolute Gasteiger partial charge is 0.492 e. The standard InChI is InChI=1S/C14H20N2O3.ClH/c1-4-18-13-6-10-5-9(2)19-12(10)7-11(13)16-14(17)8-15-3;/h6-7,9,15H,4-5,8H2,1-3H3,(H,16,17);1H. The van der Waals surface area contributed by atoms with Gasteiger partial charge in [0.15, 0.2) is 0 Å². The zero-order valence-electron chi connectivity index (χ0n) is 12.0. The average molecular weight is 301 g/mol. The van der Waals surface area contributed by atoms with Crippen molar-refractivity contribution in [1.82, 2.24) is 5.32 Å². The van der Waals surface area contributed by atoms with Crippen LogP contribution in [0.2, 0.25) is 0 Å². The molecule has 6 heteroatoms. The second-order valence-electron chi connectivity index (χ2n) is 4.60. The van der Waals surface area contributed by atoms with Crippen molar-refractivity contribution in [3.05, 3.63) is 17.7 Å². The molecule has 1 aromatic carbocycles. The Bertz CT molecular complexity index is 480. The molecule has 5 nitrogen and oxygen atoms in total. The molecule has 0 spiro atoms. The summed E-state index contributed by atoms with van der Waals surface area (Å²) in [6.07, 6.45) is 1.05. The summed E-state index contributed by atoms with van der Waals surface area (Å²) in [5.41, 5.74) is 1.79. The van der Waals surface area contributed by atoms with E-state index in [0.717, 1.165) is 17.7 Å². The summed E-state index contributed by atoms with van der Waals surface area (Å²) < 4.78 is 11.3. The third-order valence-corrected chi connectivity index (χ3v) is 2.91. The Morgan fingerprint density at radius 3 is 2.90 bits per heavy atom. The highest BCUT2D eigenvalue weighted by molar-refractivity contribution is 5.94. The minimum Gasteiger partial charge on any atom is -0.492 e. The molecule has 1 heterocycles. The first kappa shape index (κ1) is 16.6. The van der Waals surface area contributed by atoms with Crippen LogP contribution in [0.5, 0.6) is 11.5 Å². The molecule has 0 aromatic heterocycles. The van der Waals surface area contributed by atoms with E-state index in [-0.39, 0.29) is 31.0 Å². The number of halogens is 1. The minimum atomic E-state index is -0.102. The van der Waals surface area contributed by atoms with E-state index < -0.39 is 0 Å². The summed E-state index contributed by atoms with van der Waals surface area (Å²) in [6, 6.07) is 3.80. The van der Waals surface area contributed by atoms with E-state index in [1.165, 1.54) is 0 Å². The van der Waals surface area contributed by atoms with Gasteiger partial charge < -0.3 is 20.1 Å². The summed E-state index contributed by atoms with van der Waals surface area (Å²) in [4.78, 5) is 11.7. The number of carbonyl (C=O) groups is 1. The molecule has 0 saturated carbocycles. The fourth-order valence-corrected chi connectivity index (χ4v) is 2.17. The fourth-order valence-electron chi connectivity index (χ4n) is 2.17. The van der Waals surface area contributed by atoms with Gasteiger partial charge in [-0.05, 0) is 27.0 Å². The van der Waals surface area contributed by atoms with E-state index in [4.69, 9.17) is 9.47 Å². The van der Waals surface area contributed by atoms with Crippen LogP contribution in [0.4, 0.5) is 5.69 Å². The topological polar surface area (TPSA) is 59.6 Å². The zero-order chi connectivity index (χ0) is 13.8. The number of amides is 1. The number of hydrogen-bond donors (Lipinski definition) is 2. The van der Waals surface area contributed by atoms with Gasteiger partial charge in [0.25, 0.3) is 0 Å². The van der Waals surface area contributed by atoms with Crippen molar-refractivity contribution in [2.45, 2.75) is 26.4 Å². The van der Waals surface area contributed by atoms with Gasteiger partial charge in [0.05, 0.1) is 18.8 Å². The molecule has 0 fully saturated rings. The number of fused-ring (bicyclic) bond motifs is 1. The molecule has 0 radical (unpaired) electrons. The molecule has 20 heavy (non-hydrogen) atoms. The molecule has 2 N–H and O–H groups in total. The fraction of sp³-hybridized carbons (Fsp3) is 0.500. The van der Waals surface area contributed by atoms with E-state index in [1.807, 2.05) is 26.0 Å². The summed E-state index contributed by atoms with van der Waals surface area (Å²) >= 11 is 0. The Morgan fingerprint density at radius 2 is 2.25 bits per heavy atom. The van der Waals surface area contributed by atoms with Crippen LogP contribution in [0.25, 0.3) is 0 Å². The molecule has 1 unspecified atom stereocenters. The molecule has 1 aromatic rings. The first-order valence-electron chi connectivity index (χ1n) is 6.54. The number of ether oxygens (including phenoxy) is 2. The highest BCUT2D eigenvalue weighted by Crippen LogP contribution is 2.37. The molecule has 0 saturated heterocycles. The van der Waals surface area contributed by atoms with Gasteiger partial charge in [-0.15, -0.1) is 12.4 Å². The molecule has 1 amide bonds. The van der Waals surface area contributed by atoms with Crippen LogP contribution in [0.1, 0.15) is 19.4 Å². The summed E-state index contributed by atoms with van der Waals surface area (Å²) in [5.74, 6) is 1.42. The minimum absolute atomic E-state index is 0. The maximum Gasteiger partial charge on any atom is 0.238 e. The Morgan fingerprint density at radius 1 is 1.50 bits per heavy atom. The summed E-state index contributed by atoms with van der Waals surface area (Å²) in [6.45, 7) is 4.77. The number of anilines is 1. The number of likely N-dealkylation sites (N-methyl/N-ethyl adjacent to an activating group) is 1. The lowest BCUT2D eigenvalue weighted by molar-refractivity contribution is -0.115. The Hall–Kier alpha value is -1.46. The molecule has 1 aliphatic heterocycles. The monoisotopic (exact) mass is 300 g/mol. The molecule has 0 bridgehead atoms. The molecule has 2 rings (SSSR count).